The van der Waals surface area contributed by atoms with Crippen LogP contribution < -0.4 is 0 Å². The van der Waals surface area contributed by atoms with Gasteiger partial charge in [-0.1, -0.05) is 0 Å². The Morgan fingerprint density at radius 2 is 1.84 bits per heavy atom. The predicted molar refractivity (Wildman–Crippen MR) is 69.5 cm³/mol. The summed E-state index contributed by atoms with van der Waals surface area (Å²) >= 11 is 0. The van der Waals surface area contributed by atoms with Gasteiger partial charge in [-0.15, -0.1) is 0 Å². The number of methoxy groups -OCH3 is 1. The number of esters is 1. The number of carbonyl (C=O) groups is 2. The van der Waals surface area contributed by atoms with Crippen molar-refractivity contribution in [3.05, 3.63) is 0 Å². The highest BCUT2D eigenvalue weighted by molar-refractivity contribution is 5.81. The van der Waals surface area contributed by atoms with Crippen molar-refractivity contribution >= 4 is 11.9 Å². The third-order valence-electron chi connectivity index (χ3n) is 4.33. The molecule has 0 aromatic carbocycles. The van der Waals surface area contributed by atoms with Gasteiger partial charge < -0.3 is 14.4 Å². The van der Waals surface area contributed by atoms with Crippen molar-refractivity contribution in [3.63, 3.8) is 0 Å². The van der Waals surface area contributed by atoms with Gasteiger partial charge in [-0.2, -0.15) is 0 Å². The molecular weight excluding hydrogens is 246 g/mol. The summed E-state index contributed by atoms with van der Waals surface area (Å²) in [7, 11) is 3.29. The first-order valence-electron chi connectivity index (χ1n) is 7.09. The van der Waals surface area contributed by atoms with Crippen molar-refractivity contribution in [2.45, 2.75) is 50.7 Å². The van der Waals surface area contributed by atoms with E-state index >= 15 is 0 Å². The molecule has 1 heterocycles. The summed E-state index contributed by atoms with van der Waals surface area (Å²) in [4.78, 5) is 25.5. The maximum Gasteiger partial charge on any atom is 0.308 e. The van der Waals surface area contributed by atoms with Gasteiger partial charge in [-0.05, 0) is 38.5 Å². The summed E-state index contributed by atoms with van der Waals surface area (Å²) in [5.41, 5.74) is 0. The number of carbonyl (C=O) groups excluding carboxylic acids is 2. The van der Waals surface area contributed by atoms with Crippen molar-refractivity contribution in [2.75, 3.05) is 20.8 Å². The topological polar surface area (TPSA) is 55.8 Å². The third kappa shape index (κ3) is 3.26. The zero-order valence-electron chi connectivity index (χ0n) is 11.8. The molecule has 0 N–H and O–H groups in total. The summed E-state index contributed by atoms with van der Waals surface area (Å²) < 4.78 is 10.2. The van der Waals surface area contributed by atoms with Crippen molar-refractivity contribution in [2.24, 2.45) is 5.92 Å². The van der Waals surface area contributed by atoms with Crippen LogP contribution in [0.4, 0.5) is 0 Å². The summed E-state index contributed by atoms with van der Waals surface area (Å²) in [6.07, 6.45) is 4.91. The quantitative estimate of drug-likeness (QED) is 0.726. The number of likely N-dealkylation sites (N-methyl/N-ethyl adjacent to an activating group) is 1. The van der Waals surface area contributed by atoms with Crippen molar-refractivity contribution in [3.8, 4) is 0 Å². The van der Waals surface area contributed by atoms with E-state index in [2.05, 4.69) is 0 Å². The molecule has 1 saturated carbocycles. The van der Waals surface area contributed by atoms with E-state index in [-0.39, 0.29) is 29.9 Å². The first kappa shape index (κ1) is 14.3. The Balaban J connectivity index is 1.83. The SMILES string of the molecule is COC(=O)C1CCC(N(C)C(=O)C2CCCO2)CC1. The summed E-state index contributed by atoms with van der Waals surface area (Å²) in [5.74, 6) is -0.0157. The molecule has 1 amide bonds. The molecule has 2 aliphatic rings. The molecule has 0 radical (unpaired) electrons. The largest absolute Gasteiger partial charge is 0.469 e. The minimum atomic E-state index is -0.247. The van der Waals surface area contributed by atoms with Gasteiger partial charge in [0.2, 0.25) is 0 Å². The highest BCUT2D eigenvalue weighted by Gasteiger charge is 2.33. The van der Waals surface area contributed by atoms with Crippen LogP contribution in [0.25, 0.3) is 0 Å². The van der Waals surface area contributed by atoms with Crippen molar-refractivity contribution in [1.29, 1.82) is 0 Å². The second kappa shape index (κ2) is 6.37. The maximum atomic E-state index is 12.2. The number of hydrogen-bond donors (Lipinski definition) is 0. The molecule has 0 aromatic rings. The van der Waals surface area contributed by atoms with Crippen LogP contribution in [0.15, 0.2) is 0 Å². The van der Waals surface area contributed by atoms with Crippen LogP contribution in [0.5, 0.6) is 0 Å². The molecule has 1 saturated heterocycles. The molecule has 0 bridgehead atoms. The first-order chi connectivity index (χ1) is 9.13. The molecule has 5 nitrogen and oxygen atoms in total. The Kier molecular flexibility index (Phi) is 4.80. The Hall–Kier alpha value is -1.10. The van der Waals surface area contributed by atoms with Gasteiger partial charge in [0.25, 0.3) is 5.91 Å². The molecule has 0 spiro atoms. The normalized spacial score (nSPS) is 30.9. The number of ether oxygens (including phenoxy) is 2. The fourth-order valence-corrected chi connectivity index (χ4v) is 3.04. The summed E-state index contributed by atoms with van der Waals surface area (Å²) in [5, 5.41) is 0. The van der Waals surface area contributed by atoms with E-state index in [0.717, 1.165) is 38.5 Å². The lowest BCUT2D eigenvalue weighted by Gasteiger charge is -2.34. The number of nitrogens with zero attached hydrogens (tertiary/aromatic N) is 1. The monoisotopic (exact) mass is 269 g/mol. The molecule has 1 aliphatic heterocycles. The molecule has 19 heavy (non-hydrogen) atoms. The van der Waals surface area contributed by atoms with Crippen LogP contribution in [0.3, 0.4) is 0 Å². The summed E-state index contributed by atoms with van der Waals surface area (Å²) in [6.45, 7) is 0.694. The van der Waals surface area contributed by atoms with Gasteiger partial charge in [-0.3, -0.25) is 9.59 Å². The molecule has 1 unspecified atom stereocenters. The minimum absolute atomic E-state index is 0.00693. The Labute approximate surface area is 114 Å². The van der Waals surface area contributed by atoms with Crippen LogP contribution >= 0.6 is 0 Å². The van der Waals surface area contributed by atoms with E-state index in [0.29, 0.717) is 6.61 Å². The number of hydrogen-bond acceptors (Lipinski definition) is 4. The van der Waals surface area contributed by atoms with E-state index < -0.39 is 0 Å². The van der Waals surface area contributed by atoms with E-state index in [4.69, 9.17) is 9.47 Å². The average Bonchev–Trinajstić information content (AvgIpc) is 2.99. The highest BCUT2D eigenvalue weighted by atomic mass is 16.5. The number of rotatable bonds is 3. The zero-order chi connectivity index (χ0) is 13.8. The fourth-order valence-electron chi connectivity index (χ4n) is 3.04. The van der Waals surface area contributed by atoms with Gasteiger partial charge >= 0.3 is 5.97 Å². The molecule has 1 atom stereocenters. The van der Waals surface area contributed by atoms with E-state index in [1.807, 2.05) is 11.9 Å². The van der Waals surface area contributed by atoms with Gasteiger partial charge in [0, 0.05) is 19.7 Å². The second-order valence-corrected chi connectivity index (χ2v) is 5.48. The predicted octanol–water partition coefficient (Wildman–Crippen LogP) is 1.36. The fraction of sp³-hybridized carbons (Fsp3) is 0.857. The smallest absolute Gasteiger partial charge is 0.308 e. The van der Waals surface area contributed by atoms with Gasteiger partial charge in [0.15, 0.2) is 0 Å². The van der Waals surface area contributed by atoms with Gasteiger partial charge in [0.05, 0.1) is 13.0 Å². The van der Waals surface area contributed by atoms with Crippen LogP contribution in [0.2, 0.25) is 0 Å². The van der Waals surface area contributed by atoms with Crippen molar-refractivity contribution in [1.82, 2.24) is 4.90 Å². The van der Waals surface area contributed by atoms with Gasteiger partial charge in [-0.25, -0.2) is 0 Å². The van der Waals surface area contributed by atoms with Crippen LogP contribution in [0, 0.1) is 5.92 Å². The molecule has 0 aromatic heterocycles. The number of amides is 1. The minimum Gasteiger partial charge on any atom is -0.469 e. The van der Waals surface area contributed by atoms with E-state index in [1.165, 1.54) is 7.11 Å². The Bertz CT molecular complexity index is 330. The second-order valence-electron chi connectivity index (χ2n) is 5.48. The van der Waals surface area contributed by atoms with Gasteiger partial charge in [0.1, 0.15) is 6.10 Å². The lowest BCUT2D eigenvalue weighted by Crippen LogP contribution is -2.44. The molecule has 2 fully saturated rings. The van der Waals surface area contributed by atoms with Crippen molar-refractivity contribution < 1.29 is 19.1 Å². The van der Waals surface area contributed by atoms with E-state index in [1.54, 1.807) is 0 Å². The molecule has 1 aliphatic carbocycles. The third-order valence-corrected chi connectivity index (χ3v) is 4.33. The van der Waals surface area contributed by atoms with Crippen LogP contribution in [0.1, 0.15) is 38.5 Å². The average molecular weight is 269 g/mol. The Morgan fingerprint density at radius 3 is 2.37 bits per heavy atom. The molecular formula is C14H23NO4. The molecule has 108 valence electrons. The van der Waals surface area contributed by atoms with E-state index in [9.17, 15) is 9.59 Å². The lowest BCUT2D eigenvalue weighted by atomic mass is 9.85. The molecule has 2 rings (SSSR count). The summed E-state index contributed by atoms with van der Waals surface area (Å²) in [6, 6.07) is 0.234. The molecule has 5 heteroatoms. The zero-order valence-corrected chi connectivity index (χ0v) is 11.8. The first-order valence-corrected chi connectivity index (χ1v) is 7.09. The van der Waals surface area contributed by atoms with Crippen LogP contribution in [-0.2, 0) is 19.1 Å². The van der Waals surface area contributed by atoms with Crippen LogP contribution in [-0.4, -0.2) is 49.7 Å². The lowest BCUT2D eigenvalue weighted by molar-refractivity contribution is -0.147. The standard InChI is InChI=1S/C14H23NO4/c1-15(13(16)12-4-3-9-19-12)11-7-5-10(6-8-11)14(17)18-2/h10-12H,3-9H2,1-2H3. The maximum absolute atomic E-state index is 12.2. The Morgan fingerprint density at radius 1 is 1.16 bits per heavy atom. The highest BCUT2D eigenvalue weighted by Crippen LogP contribution is 2.29.